The van der Waals surface area contributed by atoms with E-state index in [9.17, 15) is 9.90 Å². The molecule has 1 aromatic carbocycles. The molecule has 7 heteroatoms. The summed E-state index contributed by atoms with van der Waals surface area (Å²) in [6.45, 7) is 2.43. The van der Waals surface area contributed by atoms with Crippen LogP contribution in [0.2, 0.25) is 0 Å². The van der Waals surface area contributed by atoms with Gasteiger partial charge in [-0.1, -0.05) is 48.9 Å². The zero-order valence-electron chi connectivity index (χ0n) is 12.5. The predicted molar refractivity (Wildman–Crippen MR) is 86.7 cm³/mol. The van der Waals surface area contributed by atoms with Gasteiger partial charge in [0.2, 0.25) is 5.13 Å². The molecule has 1 heterocycles. The molecule has 0 saturated carbocycles. The van der Waals surface area contributed by atoms with Crippen LogP contribution in [0.4, 0.5) is 9.93 Å². The van der Waals surface area contributed by atoms with E-state index in [1.807, 2.05) is 24.3 Å². The third-order valence-electron chi connectivity index (χ3n) is 3.16. The van der Waals surface area contributed by atoms with Crippen LogP contribution in [-0.4, -0.2) is 21.3 Å². The van der Waals surface area contributed by atoms with Gasteiger partial charge in [0.15, 0.2) is 0 Å². The minimum absolute atomic E-state index is 0.0450. The van der Waals surface area contributed by atoms with Crippen LogP contribution in [0.3, 0.4) is 0 Å². The molecule has 0 aliphatic heterocycles. The Balaban J connectivity index is 1.84. The molecule has 2 aromatic rings. The highest BCUT2D eigenvalue weighted by molar-refractivity contribution is 7.15. The molecule has 0 bridgehead atoms. The normalized spacial score (nSPS) is 10.5. The van der Waals surface area contributed by atoms with E-state index in [0.717, 1.165) is 35.4 Å². The van der Waals surface area contributed by atoms with Crippen LogP contribution in [-0.2, 0) is 19.6 Å². The molecule has 22 heavy (non-hydrogen) atoms. The summed E-state index contributed by atoms with van der Waals surface area (Å²) in [5.41, 5.74) is 1.70. The van der Waals surface area contributed by atoms with Gasteiger partial charge in [0.25, 0.3) is 0 Å². The second-order valence-electron chi connectivity index (χ2n) is 4.84. The lowest BCUT2D eigenvalue weighted by atomic mass is 10.1. The van der Waals surface area contributed by atoms with Crippen LogP contribution in [0.1, 0.15) is 35.9 Å². The first-order valence-electron chi connectivity index (χ1n) is 7.27. The number of benzene rings is 1. The number of urea groups is 1. The average molecular weight is 320 g/mol. The molecule has 3 N–H and O–H groups in total. The molecule has 0 unspecified atom stereocenters. The number of aliphatic hydroxyl groups is 1. The number of rotatable bonds is 7. The summed E-state index contributed by atoms with van der Waals surface area (Å²) in [7, 11) is 0. The number of aryl methyl sites for hydroxylation is 1. The summed E-state index contributed by atoms with van der Waals surface area (Å²) in [5.74, 6) is 0. The monoisotopic (exact) mass is 320 g/mol. The molecule has 0 fully saturated rings. The van der Waals surface area contributed by atoms with Crippen molar-refractivity contribution in [1.82, 2.24) is 15.5 Å². The maximum absolute atomic E-state index is 11.9. The highest BCUT2D eigenvalue weighted by Crippen LogP contribution is 2.17. The van der Waals surface area contributed by atoms with Crippen molar-refractivity contribution in [2.45, 2.75) is 39.3 Å². The Bertz CT molecular complexity index is 615. The summed E-state index contributed by atoms with van der Waals surface area (Å²) < 4.78 is 0. The number of carbonyl (C=O) groups is 1. The number of carbonyl (C=O) groups excluding carboxylic acids is 1. The molecule has 1 aromatic heterocycles. The number of anilines is 1. The standard InChI is InChI=1S/C15H20N4O2S/c1-2-3-8-13-18-19-15(22-13)17-14(21)16-9-11-6-4-5-7-12(11)10-20/h4-7,20H,2-3,8-10H2,1H3,(H2,16,17,19,21). The quantitative estimate of drug-likeness (QED) is 0.732. The van der Waals surface area contributed by atoms with Gasteiger partial charge >= 0.3 is 6.03 Å². The van der Waals surface area contributed by atoms with Crippen molar-refractivity contribution in [3.8, 4) is 0 Å². The molecule has 0 atom stereocenters. The number of aliphatic hydroxyl groups excluding tert-OH is 1. The second-order valence-corrected chi connectivity index (χ2v) is 5.90. The van der Waals surface area contributed by atoms with Gasteiger partial charge in [-0.05, 0) is 17.5 Å². The van der Waals surface area contributed by atoms with Crippen LogP contribution < -0.4 is 10.6 Å². The van der Waals surface area contributed by atoms with Crippen molar-refractivity contribution in [3.63, 3.8) is 0 Å². The first-order chi connectivity index (χ1) is 10.7. The zero-order valence-corrected chi connectivity index (χ0v) is 13.3. The Morgan fingerprint density at radius 3 is 2.77 bits per heavy atom. The van der Waals surface area contributed by atoms with Crippen LogP contribution in [0.25, 0.3) is 0 Å². The highest BCUT2D eigenvalue weighted by atomic mass is 32.1. The fourth-order valence-corrected chi connectivity index (χ4v) is 2.71. The van der Waals surface area contributed by atoms with E-state index in [1.165, 1.54) is 11.3 Å². The predicted octanol–water partition coefficient (Wildman–Crippen LogP) is 2.69. The number of hydrogen-bond donors (Lipinski definition) is 3. The average Bonchev–Trinajstić information content (AvgIpc) is 2.98. The van der Waals surface area contributed by atoms with Crippen molar-refractivity contribution in [1.29, 1.82) is 0 Å². The third-order valence-corrected chi connectivity index (χ3v) is 4.06. The first-order valence-corrected chi connectivity index (χ1v) is 8.09. The van der Waals surface area contributed by atoms with Gasteiger partial charge in [0.05, 0.1) is 6.61 Å². The molecule has 2 amide bonds. The van der Waals surface area contributed by atoms with Crippen molar-refractivity contribution in [3.05, 3.63) is 40.4 Å². The number of hydrogen-bond acceptors (Lipinski definition) is 5. The Kier molecular flexibility index (Phi) is 6.29. The summed E-state index contributed by atoms with van der Waals surface area (Å²) in [5, 5.41) is 24.1. The minimum Gasteiger partial charge on any atom is -0.392 e. The van der Waals surface area contributed by atoms with Gasteiger partial charge in [-0.2, -0.15) is 0 Å². The van der Waals surface area contributed by atoms with Gasteiger partial charge < -0.3 is 10.4 Å². The molecule has 0 saturated heterocycles. The number of nitrogens with zero attached hydrogens (tertiary/aromatic N) is 2. The Morgan fingerprint density at radius 1 is 1.27 bits per heavy atom. The molecule has 0 spiro atoms. The van der Waals surface area contributed by atoms with Gasteiger partial charge in [0.1, 0.15) is 5.01 Å². The molecular formula is C15H20N4O2S. The van der Waals surface area contributed by atoms with Gasteiger partial charge in [-0.15, -0.1) is 10.2 Å². The summed E-state index contributed by atoms with van der Waals surface area (Å²) in [4.78, 5) is 11.9. The molecule has 6 nitrogen and oxygen atoms in total. The SMILES string of the molecule is CCCCc1nnc(NC(=O)NCc2ccccc2CO)s1. The number of unbranched alkanes of at least 4 members (excludes halogenated alkanes) is 1. The van der Waals surface area contributed by atoms with Crippen molar-refractivity contribution < 1.29 is 9.90 Å². The first kappa shape index (κ1) is 16.4. The van der Waals surface area contributed by atoms with Crippen LogP contribution in [0, 0.1) is 0 Å². The number of aromatic nitrogens is 2. The lowest BCUT2D eigenvalue weighted by Gasteiger charge is -2.08. The molecular weight excluding hydrogens is 300 g/mol. The Labute approximate surface area is 133 Å². The van der Waals surface area contributed by atoms with Crippen LogP contribution in [0.5, 0.6) is 0 Å². The van der Waals surface area contributed by atoms with Crippen LogP contribution in [0.15, 0.2) is 24.3 Å². The summed E-state index contributed by atoms with van der Waals surface area (Å²) >= 11 is 1.40. The van der Waals surface area contributed by atoms with E-state index in [2.05, 4.69) is 27.8 Å². The molecule has 0 aliphatic rings. The smallest absolute Gasteiger partial charge is 0.321 e. The fourth-order valence-electron chi connectivity index (χ4n) is 1.93. The van der Waals surface area contributed by atoms with Gasteiger partial charge in [0, 0.05) is 13.0 Å². The van der Waals surface area contributed by atoms with E-state index in [0.29, 0.717) is 11.7 Å². The maximum Gasteiger partial charge on any atom is 0.321 e. The molecule has 0 aliphatic carbocycles. The molecule has 0 radical (unpaired) electrons. The highest BCUT2D eigenvalue weighted by Gasteiger charge is 2.08. The second kappa shape index (κ2) is 8.45. The maximum atomic E-state index is 11.9. The van der Waals surface area contributed by atoms with Crippen molar-refractivity contribution in [2.75, 3.05) is 5.32 Å². The summed E-state index contributed by atoms with van der Waals surface area (Å²) in [6.07, 6.45) is 3.06. The van der Waals surface area contributed by atoms with E-state index >= 15 is 0 Å². The van der Waals surface area contributed by atoms with E-state index in [4.69, 9.17) is 0 Å². The Hall–Kier alpha value is -1.99. The van der Waals surface area contributed by atoms with Crippen LogP contribution >= 0.6 is 11.3 Å². The largest absolute Gasteiger partial charge is 0.392 e. The topological polar surface area (TPSA) is 87.1 Å². The lowest BCUT2D eigenvalue weighted by Crippen LogP contribution is -2.28. The molecule has 118 valence electrons. The molecule has 2 rings (SSSR count). The van der Waals surface area contributed by atoms with Crippen molar-refractivity contribution >= 4 is 22.5 Å². The Morgan fingerprint density at radius 2 is 2.05 bits per heavy atom. The third kappa shape index (κ3) is 4.78. The fraction of sp³-hybridized carbons (Fsp3) is 0.400. The summed E-state index contributed by atoms with van der Waals surface area (Å²) in [6, 6.07) is 7.11. The zero-order chi connectivity index (χ0) is 15.8. The lowest BCUT2D eigenvalue weighted by molar-refractivity contribution is 0.251. The van der Waals surface area contributed by atoms with Gasteiger partial charge in [-0.3, -0.25) is 5.32 Å². The van der Waals surface area contributed by atoms with E-state index < -0.39 is 0 Å². The number of amides is 2. The van der Waals surface area contributed by atoms with Gasteiger partial charge in [-0.25, -0.2) is 4.79 Å². The van der Waals surface area contributed by atoms with E-state index in [1.54, 1.807) is 0 Å². The minimum atomic E-state index is -0.328. The van der Waals surface area contributed by atoms with E-state index in [-0.39, 0.29) is 12.6 Å². The number of nitrogens with one attached hydrogen (secondary N) is 2. The van der Waals surface area contributed by atoms with Crippen molar-refractivity contribution in [2.24, 2.45) is 0 Å².